The molecule has 0 saturated heterocycles. The van der Waals surface area contributed by atoms with Gasteiger partial charge >= 0.3 is 0 Å². The highest BCUT2D eigenvalue weighted by atomic mass is 15.0. The van der Waals surface area contributed by atoms with Crippen LogP contribution in [-0.4, -0.2) is 16.5 Å². The van der Waals surface area contributed by atoms with E-state index in [1.807, 2.05) is 0 Å². The van der Waals surface area contributed by atoms with Crippen LogP contribution < -0.4 is 11.1 Å². The molecule has 1 heterocycles. The van der Waals surface area contributed by atoms with Crippen LogP contribution in [0.1, 0.15) is 19.8 Å². The Morgan fingerprint density at radius 2 is 2.38 bits per heavy atom. The van der Waals surface area contributed by atoms with E-state index in [4.69, 9.17) is 5.73 Å². The van der Waals surface area contributed by atoms with Crippen LogP contribution in [0.15, 0.2) is 12.5 Å². The van der Waals surface area contributed by atoms with E-state index in [-0.39, 0.29) is 0 Å². The van der Waals surface area contributed by atoms with Crippen LogP contribution in [0.25, 0.3) is 0 Å². The predicted molar refractivity (Wildman–Crippen MR) is 52.3 cm³/mol. The summed E-state index contributed by atoms with van der Waals surface area (Å²) in [5.74, 6) is 0.753. The number of hydrogen-bond donors (Lipinski definition) is 2. The fraction of sp³-hybridized carbons (Fsp3) is 0.556. The molecule has 0 atom stereocenters. The lowest BCUT2D eigenvalue weighted by Crippen LogP contribution is -2.13. The molecular weight excluding hydrogens is 164 g/mol. The molecule has 1 aliphatic rings. The molecule has 0 amide bonds. The third-order valence-electron chi connectivity index (χ3n) is 2.53. The standard InChI is InChI=1S/C9H14N4/c1-9(2-3-9)5-12-8-7(10)4-11-6-13-8/h4,6H,2-3,5,10H2,1H3,(H,11,12,13). The largest absolute Gasteiger partial charge is 0.394 e. The zero-order chi connectivity index (χ0) is 9.31. The Morgan fingerprint density at radius 1 is 1.62 bits per heavy atom. The Morgan fingerprint density at radius 3 is 3.00 bits per heavy atom. The van der Waals surface area contributed by atoms with Crippen molar-refractivity contribution in [3.63, 3.8) is 0 Å². The van der Waals surface area contributed by atoms with Crippen LogP contribution in [0.2, 0.25) is 0 Å². The average molecular weight is 178 g/mol. The summed E-state index contributed by atoms with van der Waals surface area (Å²) >= 11 is 0. The van der Waals surface area contributed by atoms with Crippen LogP contribution in [0.5, 0.6) is 0 Å². The smallest absolute Gasteiger partial charge is 0.152 e. The van der Waals surface area contributed by atoms with Gasteiger partial charge in [-0.3, -0.25) is 0 Å². The molecule has 70 valence electrons. The summed E-state index contributed by atoms with van der Waals surface area (Å²) in [6.45, 7) is 3.21. The number of nitrogens with one attached hydrogen (secondary N) is 1. The first-order valence-electron chi connectivity index (χ1n) is 4.49. The SMILES string of the molecule is CC1(CNc2ncncc2N)CC1. The second-order valence-corrected chi connectivity index (χ2v) is 3.99. The summed E-state index contributed by atoms with van der Waals surface area (Å²) in [6, 6.07) is 0. The highest BCUT2D eigenvalue weighted by molar-refractivity contribution is 5.59. The monoisotopic (exact) mass is 178 g/mol. The number of aromatic nitrogens is 2. The molecule has 4 heteroatoms. The molecule has 1 saturated carbocycles. The van der Waals surface area contributed by atoms with Crippen LogP contribution >= 0.6 is 0 Å². The normalized spacial score (nSPS) is 18.2. The van der Waals surface area contributed by atoms with E-state index in [9.17, 15) is 0 Å². The number of nitrogen functional groups attached to an aromatic ring is 1. The van der Waals surface area contributed by atoms with Gasteiger partial charge in [-0.1, -0.05) is 6.92 Å². The van der Waals surface area contributed by atoms with Crippen LogP contribution in [-0.2, 0) is 0 Å². The van der Waals surface area contributed by atoms with E-state index >= 15 is 0 Å². The molecule has 2 rings (SSSR count). The van der Waals surface area contributed by atoms with Crippen molar-refractivity contribution in [2.75, 3.05) is 17.6 Å². The molecule has 1 aromatic heterocycles. The Hall–Kier alpha value is -1.32. The van der Waals surface area contributed by atoms with Gasteiger partial charge in [-0.2, -0.15) is 0 Å². The molecule has 4 nitrogen and oxygen atoms in total. The maximum atomic E-state index is 5.68. The molecule has 13 heavy (non-hydrogen) atoms. The number of nitrogens with zero attached hydrogens (tertiary/aromatic N) is 2. The number of anilines is 2. The van der Waals surface area contributed by atoms with Crippen molar-refractivity contribution in [1.82, 2.24) is 9.97 Å². The van der Waals surface area contributed by atoms with E-state index in [0.29, 0.717) is 11.1 Å². The van der Waals surface area contributed by atoms with Gasteiger partial charge in [0.15, 0.2) is 5.82 Å². The first-order chi connectivity index (χ1) is 6.20. The lowest BCUT2D eigenvalue weighted by atomic mass is 10.1. The molecule has 0 bridgehead atoms. The van der Waals surface area contributed by atoms with Crippen LogP contribution in [0.3, 0.4) is 0 Å². The van der Waals surface area contributed by atoms with E-state index in [0.717, 1.165) is 12.4 Å². The van der Waals surface area contributed by atoms with Gasteiger partial charge in [-0.05, 0) is 18.3 Å². The van der Waals surface area contributed by atoms with Crippen molar-refractivity contribution in [1.29, 1.82) is 0 Å². The van der Waals surface area contributed by atoms with Crippen molar-refractivity contribution in [3.8, 4) is 0 Å². The minimum atomic E-state index is 0.470. The van der Waals surface area contributed by atoms with Gasteiger partial charge in [0.05, 0.1) is 11.9 Å². The third-order valence-corrected chi connectivity index (χ3v) is 2.53. The molecular formula is C9H14N4. The zero-order valence-electron chi connectivity index (χ0n) is 7.75. The molecule has 0 radical (unpaired) electrons. The molecule has 0 aromatic carbocycles. The van der Waals surface area contributed by atoms with Crippen LogP contribution in [0.4, 0.5) is 11.5 Å². The summed E-state index contributed by atoms with van der Waals surface area (Å²) < 4.78 is 0. The highest BCUT2D eigenvalue weighted by Gasteiger charge is 2.36. The van der Waals surface area contributed by atoms with Crippen molar-refractivity contribution in [2.45, 2.75) is 19.8 Å². The maximum Gasteiger partial charge on any atom is 0.152 e. The summed E-state index contributed by atoms with van der Waals surface area (Å²) in [5, 5.41) is 3.24. The summed E-state index contributed by atoms with van der Waals surface area (Å²) in [5.41, 5.74) is 6.77. The van der Waals surface area contributed by atoms with Gasteiger partial charge in [0.2, 0.25) is 0 Å². The number of rotatable bonds is 3. The van der Waals surface area contributed by atoms with Crippen molar-refractivity contribution < 1.29 is 0 Å². The Kier molecular flexibility index (Phi) is 1.83. The fourth-order valence-corrected chi connectivity index (χ4v) is 1.18. The molecule has 1 aliphatic carbocycles. The summed E-state index contributed by atoms with van der Waals surface area (Å²) in [4.78, 5) is 7.89. The zero-order valence-corrected chi connectivity index (χ0v) is 7.75. The first kappa shape index (κ1) is 8.29. The Bertz CT molecular complexity index is 306. The van der Waals surface area contributed by atoms with E-state index in [1.54, 1.807) is 6.20 Å². The second-order valence-electron chi connectivity index (χ2n) is 3.99. The first-order valence-corrected chi connectivity index (χ1v) is 4.49. The average Bonchev–Trinajstić information content (AvgIpc) is 2.83. The summed E-state index contributed by atoms with van der Waals surface area (Å²) in [7, 11) is 0. The van der Waals surface area contributed by atoms with Gasteiger partial charge in [0.1, 0.15) is 6.33 Å². The quantitative estimate of drug-likeness (QED) is 0.731. The van der Waals surface area contributed by atoms with Crippen molar-refractivity contribution in [3.05, 3.63) is 12.5 Å². The second kappa shape index (κ2) is 2.87. The molecule has 1 aromatic rings. The van der Waals surface area contributed by atoms with E-state index < -0.39 is 0 Å². The Balaban J connectivity index is 1.97. The van der Waals surface area contributed by atoms with Gasteiger partial charge in [0.25, 0.3) is 0 Å². The lowest BCUT2D eigenvalue weighted by Gasteiger charge is -2.11. The number of hydrogen-bond acceptors (Lipinski definition) is 4. The van der Waals surface area contributed by atoms with Gasteiger partial charge in [-0.15, -0.1) is 0 Å². The molecule has 0 spiro atoms. The molecule has 0 unspecified atom stereocenters. The molecule has 0 aliphatic heterocycles. The Labute approximate surface area is 77.6 Å². The van der Waals surface area contributed by atoms with Gasteiger partial charge in [0, 0.05) is 6.54 Å². The summed E-state index contributed by atoms with van der Waals surface area (Å²) in [6.07, 6.45) is 5.72. The topological polar surface area (TPSA) is 63.8 Å². The van der Waals surface area contributed by atoms with E-state index in [2.05, 4.69) is 22.2 Å². The van der Waals surface area contributed by atoms with Gasteiger partial charge in [-0.25, -0.2) is 9.97 Å². The lowest BCUT2D eigenvalue weighted by molar-refractivity contribution is 0.609. The predicted octanol–water partition coefficient (Wildman–Crippen LogP) is 1.27. The van der Waals surface area contributed by atoms with E-state index in [1.165, 1.54) is 19.2 Å². The minimum absolute atomic E-state index is 0.470. The van der Waals surface area contributed by atoms with Crippen LogP contribution in [0, 0.1) is 5.41 Å². The fourth-order valence-electron chi connectivity index (χ4n) is 1.18. The molecule has 3 N–H and O–H groups in total. The molecule has 1 fully saturated rings. The van der Waals surface area contributed by atoms with Crippen molar-refractivity contribution >= 4 is 11.5 Å². The highest BCUT2D eigenvalue weighted by Crippen LogP contribution is 2.44. The van der Waals surface area contributed by atoms with Crippen molar-refractivity contribution in [2.24, 2.45) is 5.41 Å². The maximum absolute atomic E-state index is 5.68. The third kappa shape index (κ3) is 1.88. The minimum Gasteiger partial charge on any atom is -0.394 e. The number of nitrogens with two attached hydrogens (primary N) is 1. The van der Waals surface area contributed by atoms with Gasteiger partial charge < -0.3 is 11.1 Å².